The molecule has 39 heavy (non-hydrogen) atoms. The van der Waals surface area contributed by atoms with Crippen LogP contribution in [0, 0.1) is 13.8 Å². The number of amides is 2. The fourth-order valence-corrected chi connectivity index (χ4v) is 5.82. The fourth-order valence-electron chi connectivity index (χ4n) is 3.96. The van der Waals surface area contributed by atoms with Crippen LogP contribution >= 0.6 is 15.9 Å². The van der Waals surface area contributed by atoms with Crippen LogP contribution in [0.4, 0.5) is 5.69 Å². The molecule has 2 unspecified atom stereocenters. The first kappa shape index (κ1) is 30.4. The summed E-state index contributed by atoms with van der Waals surface area (Å²) in [6.45, 7) is 8.99. The maximum Gasteiger partial charge on any atom is 0.264 e. The van der Waals surface area contributed by atoms with Crippen molar-refractivity contribution < 1.29 is 18.0 Å². The Morgan fingerprint density at radius 3 is 2.08 bits per heavy atom. The van der Waals surface area contributed by atoms with Crippen LogP contribution in [0.3, 0.4) is 0 Å². The lowest BCUT2D eigenvalue weighted by Gasteiger charge is -2.32. The minimum absolute atomic E-state index is 0.0613. The summed E-state index contributed by atoms with van der Waals surface area (Å²) < 4.78 is 29.7. The molecule has 3 rings (SSSR count). The lowest BCUT2D eigenvalue weighted by Crippen LogP contribution is -2.52. The van der Waals surface area contributed by atoms with Gasteiger partial charge in [-0.3, -0.25) is 13.9 Å². The molecule has 0 heterocycles. The number of hydrogen-bond donors (Lipinski definition) is 1. The Kier molecular flexibility index (Phi) is 10.3. The second-order valence-corrected chi connectivity index (χ2v) is 12.6. The number of carbonyl (C=O) groups excluding carboxylic acids is 2. The van der Waals surface area contributed by atoms with Crippen molar-refractivity contribution in [2.45, 2.75) is 64.6 Å². The summed E-state index contributed by atoms with van der Waals surface area (Å²) in [7, 11) is -4.08. The predicted octanol–water partition coefficient (Wildman–Crippen LogP) is 5.59. The summed E-state index contributed by atoms with van der Waals surface area (Å²) in [4.78, 5) is 28.6. The topological polar surface area (TPSA) is 86.8 Å². The van der Waals surface area contributed by atoms with Gasteiger partial charge >= 0.3 is 0 Å². The largest absolute Gasteiger partial charge is 0.352 e. The Balaban J connectivity index is 2.02. The minimum Gasteiger partial charge on any atom is -0.352 e. The molecule has 0 aliphatic heterocycles. The van der Waals surface area contributed by atoms with Crippen LogP contribution in [-0.2, 0) is 26.2 Å². The summed E-state index contributed by atoms with van der Waals surface area (Å²) in [5, 5.41) is 2.94. The zero-order valence-corrected chi connectivity index (χ0v) is 25.4. The molecular formula is C30H36BrN3O4S. The van der Waals surface area contributed by atoms with Crippen LogP contribution in [0.5, 0.6) is 0 Å². The quantitative estimate of drug-likeness (QED) is 0.305. The molecule has 2 amide bonds. The molecule has 0 fully saturated rings. The molecule has 0 aromatic heterocycles. The third-order valence-corrected chi connectivity index (χ3v) is 8.90. The molecule has 0 aliphatic carbocycles. The third-order valence-electron chi connectivity index (χ3n) is 6.62. The molecule has 0 saturated carbocycles. The Morgan fingerprint density at radius 2 is 1.51 bits per heavy atom. The van der Waals surface area contributed by atoms with E-state index in [2.05, 4.69) is 21.2 Å². The van der Waals surface area contributed by atoms with Gasteiger partial charge in [0.2, 0.25) is 11.8 Å². The van der Waals surface area contributed by atoms with Crippen molar-refractivity contribution >= 4 is 43.5 Å². The first-order valence-corrected chi connectivity index (χ1v) is 15.2. The Morgan fingerprint density at radius 1 is 0.923 bits per heavy atom. The van der Waals surface area contributed by atoms with Crippen molar-refractivity contribution in [3.63, 3.8) is 0 Å². The van der Waals surface area contributed by atoms with Gasteiger partial charge in [-0.15, -0.1) is 0 Å². The molecule has 0 radical (unpaired) electrons. The van der Waals surface area contributed by atoms with Crippen LogP contribution in [0.1, 0.15) is 43.9 Å². The van der Waals surface area contributed by atoms with Crippen molar-refractivity contribution in [2.24, 2.45) is 0 Å². The molecule has 208 valence electrons. The number of benzene rings is 3. The number of sulfonamides is 1. The second-order valence-electron chi connectivity index (χ2n) is 9.81. The molecule has 2 atom stereocenters. The van der Waals surface area contributed by atoms with Crippen LogP contribution < -0.4 is 9.62 Å². The smallest absolute Gasteiger partial charge is 0.264 e. The maximum atomic E-state index is 13.9. The van der Waals surface area contributed by atoms with Gasteiger partial charge < -0.3 is 10.2 Å². The number of halogens is 1. The van der Waals surface area contributed by atoms with Crippen molar-refractivity contribution in [1.82, 2.24) is 10.2 Å². The van der Waals surface area contributed by atoms with E-state index < -0.39 is 28.5 Å². The molecule has 3 aromatic carbocycles. The third kappa shape index (κ3) is 7.92. The molecule has 9 heteroatoms. The minimum atomic E-state index is -4.08. The zero-order valence-electron chi connectivity index (χ0n) is 23.0. The van der Waals surface area contributed by atoms with Gasteiger partial charge in [-0.2, -0.15) is 0 Å². The molecule has 0 aliphatic rings. The maximum absolute atomic E-state index is 13.9. The average molecular weight is 615 g/mol. The summed E-state index contributed by atoms with van der Waals surface area (Å²) >= 11 is 3.46. The van der Waals surface area contributed by atoms with Gasteiger partial charge in [-0.25, -0.2) is 8.42 Å². The Bertz CT molecular complexity index is 1390. The number of nitrogens with one attached hydrogen (secondary N) is 1. The Hall–Kier alpha value is -3.17. The Labute approximate surface area is 240 Å². The fraction of sp³-hybridized carbons (Fsp3) is 0.333. The van der Waals surface area contributed by atoms with Gasteiger partial charge in [-0.05, 0) is 76.1 Å². The molecule has 0 spiro atoms. The first-order chi connectivity index (χ1) is 18.4. The van der Waals surface area contributed by atoms with Crippen LogP contribution in [-0.4, -0.2) is 43.8 Å². The molecule has 0 saturated heterocycles. The number of aryl methyl sites for hydroxylation is 2. The summed E-state index contributed by atoms with van der Waals surface area (Å²) in [5.74, 6) is -0.783. The van der Waals surface area contributed by atoms with Crippen LogP contribution in [0.25, 0.3) is 0 Å². The van der Waals surface area contributed by atoms with E-state index in [-0.39, 0.29) is 23.4 Å². The standard InChI is InChI=1S/C30H36BrN3O4S/c1-6-23(4)32-30(36)24(5)33(19-25-8-7-9-26(31)18-25)29(35)20-34(27-14-10-21(2)11-15-27)39(37,38)28-16-12-22(3)13-17-28/h7-18,23-24H,6,19-20H2,1-5H3,(H,32,36). The van der Waals surface area contributed by atoms with E-state index in [1.807, 2.05) is 52.0 Å². The van der Waals surface area contributed by atoms with Crippen LogP contribution in [0.2, 0.25) is 0 Å². The molecule has 1 N–H and O–H groups in total. The van der Waals surface area contributed by atoms with Gasteiger partial charge in [0.15, 0.2) is 0 Å². The number of rotatable bonds is 11. The van der Waals surface area contributed by atoms with E-state index in [9.17, 15) is 18.0 Å². The molecular weight excluding hydrogens is 578 g/mol. The molecule has 7 nitrogen and oxygen atoms in total. The predicted molar refractivity (Wildman–Crippen MR) is 159 cm³/mol. The highest BCUT2D eigenvalue weighted by Crippen LogP contribution is 2.25. The number of carbonyl (C=O) groups is 2. The van der Waals surface area contributed by atoms with Gasteiger partial charge in [0.05, 0.1) is 10.6 Å². The highest BCUT2D eigenvalue weighted by molar-refractivity contribution is 9.10. The van der Waals surface area contributed by atoms with E-state index in [0.29, 0.717) is 5.69 Å². The SMILES string of the molecule is CCC(C)NC(=O)C(C)N(Cc1cccc(Br)c1)C(=O)CN(c1ccc(C)cc1)S(=O)(=O)c1ccc(C)cc1. The molecule has 0 bridgehead atoms. The van der Waals surface area contributed by atoms with Crippen molar-refractivity contribution in [3.05, 3.63) is 94.0 Å². The van der Waals surface area contributed by atoms with E-state index in [1.165, 1.54) is 17.0 Å². The zero-order chi connectivity index (χ0) is 28.7. The summed E-state index contributed by atoms with van der Waals surface area (Å²) in [6.07, 6.45) is 0.744. The van der Waals surface area contributed by atoms with Gasteiger partial charge in [0.1, 0.15) is 12.6 Å². The lowest BCUT2D eigenvalue weighted by molar-refractivity contribution is -0.139. The van der Waals surface area contributed by atoms with E-state index in [4.69, 9.17) is 0 Å². The normalized spacial score (nSPS) is 12.9. The number of anilines is 1. The average Bonchev–Trinajstić information content (AvgIpc) is 2.90. The van der Waals surface area contributed by atoms with Crippen molar-refractivity contribution in [2.75, 3.05) is 10.8 Å². The lowest BCUT2D eigenvalue weighted by atomic mass is 10.1. The highest BCUT2D eigenvalue weighted by atomic mass is 79.9. The number of hydrogen-bond acceptors (Lipinski definition) is 4. The van der Waals surface area contributed by atoms with Crippen LogP contribution in [0.15, 0.2) is 82.2 Å². The van der Waals surface area contributed by atoms with E-state index in [1.54, 1.807) is 43.3 Å². The molecule has 3 aromatic rings. The summed E-state index contributed by atoms with van der Waals surface area (Å²) in [5.41, 5.74) is 3.07. The first-order valence-electron chi connectivity index (χ1n) is 12.9. The van der Waals surface area contributed by atoms with E-state index in [0.717, 1.165) is 31.9 Å². The van der Waals surface area contributed by atoms with Gasteiger partial charge in [-0.1, -0.05) is 70.4 Å². The van der Waals surface area contributed by atoms with Gasteiger partial charge in [0, 0.05) is 17.1 Å². The monoisotopic (exact) mass is 613 g/mol. The highest BCUT2D eigenvalue weighted by Gasteiger charge is 2.32. The van der Waals surface area contributed by atoms with Gasteiger partial charge in [0.25, 0.3) is 10.0 Å². The number of nitrogens with zero attached hydrogens (tertiary/aromatic N) is 2. The second kappa shape index (κ2) is 13.3. The van der Waals surface area contributed by atoms with Crippen molar-refractivity contribution in [1.29, 1.82) is 0 Å². The summed E-state index contributed by atoms with van der Waals surface area (Å²) in [6, 6.07) is 20.1. The van der Waals surface area contributed by atoms with E-state index >= 15 is 0 Å². The van der Waals surface area contributed by atoms with Crippen molar-refractivity contribution in [3.8, 4) is 0 Å².